The average molecular weight is 418 g/mol. The zero-order chi connectivity index (χ0) is 20.1. The molecule has 2 aromatic carbocycles. The topological polar surface area (TPSA) is 101 Å². The van der Waals surface area contributed by atoms with E-state index in [1.165, 1.54) is 12.3 Å². The Kier molecular flexibility index (Phi) is 5.98. The van der Waals surface area contributed by atoms with Gasteiger partial charge in [-0.2, -0.15) is 0 Å². The van der Waals surface area contributed by atoms with Crippen LogP contribution in [0.2, 0.25) is 10.0 Å². The van der Waals surface area contributed by atoms with Crippen molar-refractivity contribution in [2.24, 2.45) is 0 Å². The van der Waals surface area contributed by atoms with Gasteiger partial charge in [-0.15, -0.1) is 0 Å². The van der Waals surface area contributed by atoms with Gasteiger partial charge in [-0.1, -0.05) is 23.2 Å². The fourth-order valence-corrected chi connectivity index (χ4v) is 2.50. The Bertz CT molecular complexity index is 1010. The largest absolute Gasteiger partial charge is 0.465 e. The average Bonchev–Trinajstić information content (AvgIpc) is 2.66. The molecule has 3 rings (SSSR count). The number of nitrogens with one attached hydrogen (secondary N) is 2. The second-order valence-corrected chi connectivity index (χ2v) is 6.34. The predicted molar refractivity (Wildman–Crippen MR) is 107 cm³/mol. The van der Waals surface area contributed by atoms with Crippen LogP contribution in [0.4, 0.5) is 16.2 Å². The normalized spacial score (nSPS) is 10.2. The molecule has 0 spiro atoms. The standard InChI is InChI=1S/C19H13Cl2N3O4/c20-15-7-1-11(9-16(15)21)18(25)23-13-4-8-17(22-10-13)28-14-5-2-12(3-6-14)24-19(26)27/h1-10,24H,(H,23,25)(H,26,27). The van der Waals surface area contributed by atoms with Gasteiger partial charge in [0.25, 0.3) is 5.91 Å². The molecule has 3 N–H and O–H groups in total. The molecule has 3 aromatic rings. The van der Waals surface area contributed by atoms with Gasteiger partial charge in [0, 0.05) is 17.3 Å². The smallest absolute Gasteiger partial charge is 0.409 e. The van der Waals surface area contributed by atoms with Crippen LogP contribution in [0.25, 0.3) is 0 Å². The molecule has 0 bridgehead atoms. The summed E-state index contributed by atoms with van der Waals surface area (Å²) in [6.45, 7) is 0. The lowest BCUT2D eigenvalue weighted by Gasteiger charge is -2.08. The van der Waals surface area contributed by atoms with Gasteiger partial charge in [-0.3, -0.25) is 10.1 Å². The third-order valence-electron chi connectivity index (χ3n) is 3.50. The van der Waals surface area contributed by atoms with E-state index in [2.05, 4.69) is 15.6 Å². The molecule has 0 fully saturated rings. The van der Waals surface area contributed by atoms with E-state index in [9.17, 15) is 9.59 Å². The zero-order valence-corrected chi connectivity index (χ0v) is 15.7. The minimum absolute atomic E-state index is 0.292. The number of ether oxygens (including phenoxy) is 1. The number of carboxylic acid groups (broad SMARTS) is 1. The van der Waals surface area contributed by atoms with E-state index in [4.69, 9.17) is 33.0 Å². The molecular weight excluding hydrogens is 405 g/mol. The monoisotopic (exact) mass is 417 g/mol. The summed E-state index contributed by atoms with van der Waals surface area (Å²) in [5, 5.41) is 14.3. The van der Waals surface area contributed by atoms with Gasteiger partial charge in [-0.05, 0) is 48.5 Å². The molecule has 0 aliphatic carbocycles. The van der Waals surface area contributed by atoms with Crippen LogP contribution < -0.4 is 15.4 Å². The number of benzene rings is 2. The number of hydrogen-bond donors (Lipinski definition) is 3. The van der Waals surface area contributed by atoms with Crippen LogP contribution in [0.1, 0.15) is 10.4 Å². The van der Waals surface area contributed by atoms with Crippen molar-refractivity contribution in [2.75, 3.05) is 10.6 Å². The van der Waals surface area contributed by atoms with Crippen LogP contribution in [0.3, 0.4) is 0 Å². The number of halogens is 2. The van der Waals surface area contributed by atoms with Crippen LogP contribution >= 0.6 is 23.2 Å². The van der Waals surface area contributed by atoms with Crippen molar-refractivity contribution in [1.82, 2.24) is 4.98 Å². The molecule has 1 aromatic heterocycles. The van der Waals surface area contributed by atoms with Crippen molar-refractivity contribution in [3.8, 4) is 11.6 Å². The highest BCUT2D eigenvalue weighted by Crippen LogP contribution is 2.24. The first-order valence-electron chi connectivity index (χ1n) is 7.91. The molecule has 1 heterocycles. The maximum absolute atomic E-state index is 12.2. The first-order valence-corrected chi connectivity index (χ1v) is 8.66. The van der Waals surface area contributed by atoms with Gasteiger partial charge < -0.3 is 15.2 Å². The number of anilines is 2. The molecule has 7 nitrogen and oxygen atoms in total. The van der Waals surface area contributed by atoms with Gasteiger partial charge in [0.05, 0.1) is 21.9 Å². The van der Waals surface area contributed by atoms with E-state index >= 15 is 0 Å². The van der Waals surface area contributed by atoms with Crippen LogP contribution in [0.15, 0.2) is 60.8 Å². The second kappa shape index (κ2) is 8.60. The molecule has 0 radical (unpaired) electrons. The molecule has 0 aliphatic heterocycles. The Balaban J connectivity index is 1.62. The van der Waals surface area contributed by atoms with E-state index < -0.39 is 6.09 Å². The summed E-state index contributed by atoms with van der Waals surface area (Å²) in [7, 11) is 0. The number of carbonyl (C=O) groups is 2. The van der Waals surface area contributed by atoms with Crippen molar-refractivity contribution >= 4 is 46.6 Å². The number of pyridine rings is 1. The van der Waals surface area contributed by atoms with E-state index in [1.807, 2.05) is 0 Å². The maximum Gasteiger partial charge on any atom is 0.409 e. The Morgan fingerprint density at radius 3 is 2.21 bits per heavy atom. The lowest BCUT2D eigenvalue weighted by molar-refractivity contribution is 0.102. The fourth-order valence-electron chi connectivity index (χ4n) is 2.21. The Morgan fingerprint density at radius 1 is 0.893 bits per heavy atom. The van der Waals surface area contributed by atoms with Crippen molar-refractivity contribution in [1.29, 1.82) is 0 Å². The quantitative estimate of drug-likeness (QED) is 0.506. The van der Waals surface area contributed by atoms with Gasteiger partial charge in [-0.25, -0.2) is 9.78 Å². The Labute approximate surface area is 169 Å². The number of nitrogens with zero attached hydrogens (tertiary/aromatic N) is 1. The molecule has 9 heteroatoms. The summed E-state index contributed by atoms with van der Waals surface area (Å²) in [5.74, 6) is 0.443. The Hall–Kier alpha value is -3.29. The van der Waals surface area contributed by atoms with Crippen molar-refractivity contribution in [3.05, 3.63) is 76.4 Å². The van der Waals surface area contributed by atoms with E-state index in [0.717, 1.165) is 0 Å². The molecular formula is C19H13Cl2N3O4. The highest BCUT2D eigenvalue weighted by atomic mass is 35.5. The van der Waals surface area contributed by atoms with Crippen molar-refractivity contribution < 1.29 is 19.4 Å². The predicted octanol–water partition coefficient (Wildman–Crippen LogP) is 5.52. The fraction of sp³-hybridized carbons (Fsp3) is 0. The lowest BCUT2D eigenvalue weighted by atomic mass is 10.2. The van der Waals surface area contributed by atoms with Crippen LogP contribution in [-0.4, -0.2) is 22.1 Å². The van der Waals surface area contributed by atoms with Gasteiger partial charge in [0.1, 0.15) is 5.75 Å². The third kappa shape index (κ3) is 5.12. The van der Waals surface area contributed by atoms with E-state index in [0.29, 0.717) is 38.6 Å². The highest BCUT2D eigenvalue weighted by Gasteiger charge is 2.09. The number of hydrogen-bond acceptors (Lipinski definition) is 4. The third-order valence-corrected chi connectivity index (χ3v) is 4.24. The summed E-state index contributed by atoms with van der Waals surface area (Å²) in [6.07, 6.45) is 0.305. The molecule has 0 saturated heterocycles. The van der Waals surface area contributed by atoms with Gasteiger partial charge >= 0.3 is 6.09 Å². The highest BCUT2D eigenvalue weighted by molar-refractivity contribution is 6.42. The van der Waals surface area contributed by atoms with Gasteiger partial charge in [0.15, 0.2) is 0 Å². The molecule has 0 unspecified atom stereocenters. The lowest BCUT2D eigenvalue weighted by Crippen LogP contribution is -2.12. The van der Waals surface area contributed by atoms with E-state index in [-0.39, 0.29) is 5.91 Å². The van der Waals surface area contributed by atoms with Crippen LogP contribution in [-0.2, 0) is 0 Å². The Morgan fingerprint density at radius 2 is 1.61 bits per heavy atom. The van der Waals surface area contributed by atoms with Crippen LogP contribution in [0, 0.1) is 0 Å². The molecule has 0 aliphatic rings. The summed E-state index contributed by atoms with van der Waals surface area (Å²) in [4.78, 5) is 27.0. The first-order chi connectivity index (χ1) is 13.4. The summed E-state index contributed by atoms with van der Waals surface area (Å²) in [5.41, 5.74) is 1.27. The number of aromatic nitrogens is 1. The van der Waals surface area contributed by atoms with Crippen LogP contribution in [0.5, 0.6) is 11.6 Å². The summed E-state index contributed by atoms with van der Waals surface area (Å²) < 4.78 is 5.58. The molecule has 2 amide bonds. The molecule has 28 heavy (non-hydrogen) atoms. The summed E-state index contributed by atoms with van der Waals surface area (Å²) in [6, 6.07) is 14.2. The molecule has 0 atom stereocenters. The van der Waals surface area contributed by atoms with Crippen molar-refractivity contribution in [2.45, 2.75) is 0 Å². The zero-order valence-electron chi connectivity index (χ0n) is 14.1. The first kappa shape index (κ1) is 19.5. The van der Waals surface area contributed by atoms with Gasteiger partial charge in [0.2, 0.25) is 5.88 Å². The number of rotatable bonds is 5. The van der Waals surface area contributed by atoms with Crippen molar-refractivity contribution in [3.63, 3.8) is 0 Å². The number of carbonyl (C=O) groups excluding carboxylic acids is 1. The minimum Gasteiger partial charge on any atom is -0.465 e. The summed E-state index contributed by atoms with van der Waals surface area (Å²) >= 11 is 11.8. The SMILES string of the molecule is O=C(O)Nc1ccc(Oc2ccc(NC(=O)c3ccc(Cl)c(Cl)c3)cn2)cc1. The van der Waals surface area contributed by atoms with E-state index in [1.54, 1.807) is 48.5 Å². The second-order valence-electron chi connectivity index (χ2n) is 5.52. The number of amides is 2. The minimum atomic E-state index is -1.14. The maximum atomic E-state index is 12.2. The molecule has 0 saturated carbocycles. The molecule has 142 valence electrons.